The fourth-order valence-corrected chi connectivity index (χ4v) is 2.35. The van der Waals surface area contributed by atoms with Gasteiger partial charge in [0.15, 0.2) is 0 Å². The zero-order valence-corrected chi connectivity index (χ0v) is 13.4. The Bertz CT molecular complexity index is 719. The van der Waals surface area contributed by atoms with Gasteiger partial charge in [-0.3, -0.25) is 14.5 Å². The van der Waals surface area contributed by atoms with E-state index in [1.807, 2.05) is 0 Å². The molecule has 130 valence electrons. The highest BCUT2D eigenvalue weighted by atomic mass is 35.5. The van der Waals surface area contributed by atoms with Gasteiger partial charge in [0, 0.05) is 5.69 Å². The zero-order chi connectivity index (χ0) is 18.3. The van der Waals surface area contributed by atoms with Crippen LogP contribution in [0.15, 0.2) is 18.2 Å². The van der Waals surface area contributed by atoms with Gasteiger partial charge in [0.05, 0.1) is 10.6 Å². The first-order chi connectivity index (χ1) is 10.9. The quantitative estimate of drug-likeness (QED) is 0.810. The first-order valence-corrected chi connectivity index (χ1v) is 7.10. The van der Waals surface area contributed by atoms with Crippen LogP contribution in [0.5, 0.6) is 0 Å². The van der Waals surface area contributed by atoms with E-state index in [1.54, 1.807) is 0 Å². The van der Waals surface area contributed by atoms with Crippen molar-refractivity contribution in [1.29, 1.82) is 0 Å². The van der Waals surface area contributed by atoms with Crippen molar-refractivity contribution in [3.05, 3.63) is 28.8 Å². The average Bonchev–Trinajstić information content (AvgIpc) is 2.62. The summed E-state index contributed by atoms with van der Waals surface area (Å²) < 4.78 is 38.3. The number of urea groups is 1. The predicted molar refractivity (Wildman–Crippen MR) is 79.4 cm³/mol. The minimum Gasteiger partial charge on any atom is -0.325 e. The Hall–Kier alpha value is -2.29. The molecular weight excluding hydrogens is 351 g/mol. The third-order valence-electron chi connectivity index (χ3n) is 3.30. The fourth-order valence-electron chi connectivity index (χ4n) is 2.13. The van der Waals surface area contributed by atoms with Crippen LogP contribution in [0.3, 0.4) is 0 Å². The molecule has 2 rings (SSSR count). The molecule has 6 nitrogen and oxygen atoms in total. The normalized spacial score (nSPS) is 17.0. The third-order valence-corrected chi connectivity index (χ3v) is 3.63. The Balaban J connectivity index is 2.11. The maximum atomic E-state index is 12.8. The van der Waals surface area contributed by atoms with E-state index in [-0.39, 0.29) is 5.69 Å². The zero-order valence-electron chi connectivity index (χ0n) is 12.6. The minimum absolute atomic E-state index is 0.150. The van der Waals surface area contributed by atoms with Gasteiger partial charge in [-0.05, 0) is 32.0 Å². The van der Waals surface area contributed by atoms with Gasteiger partial charge in [0.25, 0.3) is 5.91 Å². The third kappa shape index (κ3) is 3.61. The molecule has 24 heavy (non-hydrogen) atoms. The number of nitrogens with zero attached hydrogens (tertiary/aromatic N) is 1. The lowest BCUT2D eigenvalue weighted by Gasteiger charge is -2.16. The van der Waals surface area contributed by atoms with Crippen molar-refractivity contribution in [2.24, 2.45) is 0 Å². The molecule has 1 heterocycles. The highest BCUT2D eigenvalue weighted by molar-refractivity contribution is 6.31. The first-order valence-electron chi connectivity index (χ1n) is 6.72. The molecular formula is C14H13ClF3N3O3. The van der Waals surface area contributed by atoms with E-state index in [9.17, 15) is 27.6 Å². The molecule has 0 atom stereocenters. The summed E-state index contributed by atoms with van der Waals surface area (Å²) in [5.74, 6) is -1.42. The number of carbonyl (C=O) groups excluding carboxylic acids is 3. The monoisotopic (exact) mass is 363 g/mol. The molecule has 1 aromatic rings. The summed E-state index contributed by atoms with van der Waals surface area (Å²) in [6.07, 6.45) is -4.67. The molecule has 1 aliphatic heterocycles. The van der Waals surface area contributed by atoms with E-state index in [2.05, 4.69) is 10.6 Å². The molecule has 0 aromatic heterocycles. The van der Waals surface area contributed by atoms with Crippen LogP contribution in [-0.2, 0) is 15.8 Å². The van der Waals surface area contributed by atoms with Crippen LogP contribution in [0.25, 0.3) is 0 Å². The number of imide groups is 1. The molecule has 1 aliphatic rings. The number of benzene rings is 1. The van der Waals surface area contributed by atoms with E-state index in [4.69, 9.17) is 11.6 Å². The maximum absolute atomic E-state index is 12.8. The van der Waals surface area contributed by atoms with Crippen molar-refractivity contribution in [2.45, 2.75) is 25.6 Å². The van der Waals surface area contributed by atoms with Gasteiger partial charge < -0.3 is 10.6 Å². The van der Waals surface area contributed by atoms with E-state index >= 15 is 0 Å². The van der Waals surface area contributed by atoms with Crippen LogP contribution in [0.2, 0.25) is 5.02 Å². The number of alkyl halides is 3. The second-order valence-electron chi connectivity index (χ2n) is 5.69. The van der Waals surface area contributed by atoms with Gasteiger partial charge in [-0.1, -0.05) is 11.6 Å². The number of halogens is 4. The molecule has 4 amide bonds. The standard InChI is InChI=1S/C14H13ClF3N3O3/c1-13(2)11(23)21(12(24)20-13)6-10(22)19-7-3-4-9(15)8(5-7)14(16,17)18/h3-5H,6H2,1-2H3,(H,19,22)(H,20,24). The molecule has 0 radical (unpaired) electrons. The van der Waals surface area contributed by atoms with Gasteiger partial charge in [-0.15, -0.1) is 0 Å². The Morgan fingerprint density at radius 3 is 2.46 bits per heavy atom. The van der Waals surface area contributed by atoms with Crippen LogP contribution in [0.1, 0.15) is 19.4 Å². The molecule has 1 aromatic carbocycles. The first kappa shape index (κ1) is 18.1. The van der Waals surface area contributed by atoms with Crippen LogP contribution in [0, 0.1) is 0 Å². The number of carbonyl (C=O) groups is 3. The van der Waals surface area contributed by atoms with Gasteiger partial charge >= 0.3 is 12.2 Å². The number of amides is 4. The summed E-state index contributed by atoms with van der Waals surface area (Å²) in [4.78, 5) is 36.2. The summed E-state index contributed by atoms with van der Waals surface area (Å²) in [5, 5.41) is 4.09. The molecule has 0 unspecified atom stereocenters. The molecule has 0 saturated carbocycles. The fraction of sp³-hybridized carbons (Fsp3) is 0.357. The lowest BCUT2D eigenvalue weighted by atomic mass is 10.1. The Morgan fingerprint density at radius 1 is 1.33 bits per heavy atom. The second-order valence-corrected chi connectivity index (χ2v) is 6.09. The van der Waals surface area contributed by atoms with E-state index in [0.717, 1.165) is 6.07 Å². The SMILES string of the molecule is CC1(C)NC(=O)N(CC(=O)Nc2ccc(Cl)c(C(F)(F)F)c2)C1=O. The van der Waals surface area contributed by atoms with E-state index in [0.29, 0.717) is 11.0 Å². The van der Waals surface area contributed by atoms with Gasteiger partial charge in [0.1, 0.15) is 12.1 Å². The summed E-state index contributed by atoms with van der Waals surface area (Å²) >= 11 is 5.49. The van der Waals surface area contributed by atoms with E-state index in [1.165, 1.54) is 19.9 Å². The summed E-state index contributed by atoms with van der Waals surface area (Å²) in [6, 6.07) is 2.12. The average molecular weight is 364 g/mol. The van der Waals surface area contributed by atoms with E-state index < -0.39 is 46.7 Å². The smallest absolute Gasteiger partial charge is 0.325 e. The summed E-state index contributed by atoms with van der Waals surface area (Å²) in [6.45, 7) is 2.33. The highest BCUT2D eigenvalue weighted by Gasteiger charge is 2.44. The number of anilines is 1. The highest BCUT2D eigenvalue weighted by Crippen LogP contribution is 2.36. The van der Waals surface area contributed by atoms with Crippen LogP contribution in [0.4, 0.5) is 23.7 Å². The Kier molecular flexibility index (Phi) is 4.49. The predicted octanol–water partition coefficient (Wildman–Crippen LogP) is 2.63. The number of hydrogen-bond donors (Lipinski definition) is 2. The van der Waals surface area contributed by atoms with Crippen molar-refractivity contribution in [3.63, 3.8) is 0 Å². The summed E-state index contributed by atoms with van der Waals surface area (Å²) in [5.41, 5.74) is -2.39. The molecule has 0 aliphatic carbocycles. The van der Waals surface area contributed by atoms with Crippen LogP contribution < -0.4 is 10.6 Å². The molecule has 1 fully saturated rings. The maximum Gasteiger partial charge on any atom is 0.417 e. The number of hydrogen-bond acceptors (Lipinski definition) is 3. The van der Waals surface area contributed by atoms with Gasteiger partial charge in [-0.25, -0.2) is 4.79 Å². The lowest BCUT2D eigenvalue weighted by Crippen LogP contribution is -2.41. The van der Waals surface area contributed by atoms with Crippen molar-refractivity contribution in [1.82, 2.24) is 10.2 Å². The molecule has 0 bridgehead atoms. The Labute approximate surface area is 139 Å². The molecule has 2 N–H and O–H groups in total. The van der Waals surface area contributed by atoms with Gasteiger partial charge in [-0.2, -0.15) is 13.2 Å². The molecule has 0 spiro atoms. The van der Waals surface area contributed by atoms with Crippen molar-refractivity contribution in [2.75, 3.05) is 11.9 Å². The largest absolute Gasteiger partial charge is 0.417 e. The Morgan fingerprint density at radius 2 is 1.96 bits per heavy atom. The van der Waals surface area contributed by atoms with Crippen LogP contribution >= 0.6 is 11.6 Å². The topological polar surface area (TPSA) is 78.5 Å². The minimum atomic E-state index is -4.67. The molecule has 1 saturated heterocycles. The second kappa shape index (κ2) is 5.97. The molecule has 10 heteroatoms. The number of nitrogens with one attached hydrogen (secondary N) is 2. The lowest BCUT2D eigenvalue weighted by molar-refractivity contribution is -0.137. The van der Waals surface area contributed by atoms with Crippen molar-refractivity contribution >= 4 is 35.1 Å². The van der Waals surface area contributed by atoms with Crippen molar-refractivity contribution in [3.8, 4) is 0 Å². The van der Waals surface area contributed by atoms with Crippen LogP contribution in [-0.4, -0.2) is 34.8 Å². The van der Waals surface area contributed by atoms with Gasteiger partial charge in [0.2, 0.25) is 5.91 Å². The summed E-state index contributed by atoms with van der Waals surface area (Å²) in [7, 11) is 0. The van der Waals surface area contributed by atoms with Crippen molar-refractivity contribution < 1.29 is 27.6 Å². The number of rotatable bonds is 3.